The molecule has 0 N–H and O–H groups in total. The molecule has 0 unspecified atom stereocenters. The van der Waals surface area contributed by atoms with Crippen LogP contribution in [0.5, 0.6) is 0 Å². The Morgan fingerprint density at radius 2 is 1.79 bits per heavy atom. The van der Waals surface area contributed by atoms with Crippen molar-refractivity contribution in [3.63, 3.8) is 0 Å². The normalized spacial score (nSPS) is 15.5. The summed E-state index contributed by atoms with van der Waals surface area (Å²) in [5, 5.41) is 0. The summed E-state index contributed by atoms with van der Waals surface area (Å²) in [5.74, 6) is 0.480. The van der Waals surface area contributed by atoms with Gasteiger partial charge in [-0.1, -0.05) is 37.1 Å². The van der Waals surface area contributed by atoms with Crippen LogP contribution < -0.4 is 4.90 Å². The molecule has 0 aliphatic carbocycles. The van der Waals surface area contributed by atoms with Gasteiger partial charge in [0.05, 0.1) is 0 Å². The van der Waals surface area contributed by atoms with Gasteiger partial charge in [-0.25, -0.2) is 0 Å². The number of hydrogen-bond donors (Lipinski definition) is 0. The number of nitrogens with zero attached hydrogens (tertiary/aromatic N) is 1. The summed E-state index contributed by atoms with van der Waals surface area (Å²) >= 11 is 0. The van der Waals surface area contributed by atoms with Gasteiger partial charge >= 0.3 is 0 Å². The molecule has 1 aromatic carbocycles. The number of rotatable bonds is 4. The first kappa shape index (κ1) is 13.9. The Hall–Kier alpha value is -1.57. The number of ketones is 1. The van der Waals surface area contributed by atoms with E-state index in [2.05, 4.69) is 43.0 Å². The maximum atomic E-state index is 11.9. The molecule has 0 bridgehead atoms. The summed E-state index contributed by atoms with van der Waals surface area (Å²) in [4.78, 5) is 14.2. The molecule has 0 spiro atoms. The van der Waals surface area contributed by atoms with Gasteiger partial charge in [-0.05, 0) is 31.6 Å². The lowest BCUT2D eigenvalue weighted by molar-refractivity contribution is -0.121. The Bertz CT molecular complexity index is 496. The topological polar surface area (TPSA) is 20.3 Å². The van der Waals surface area contributed by atoms with E-state index in [9.17, 15) is 4.79 Å². The van der Waals surface area contributed by atoms with E-state index in [1.54, 1.807) is 0 Å². The molecule has 19 heavy (non-hydrogen) atoms. The summed E-state index contributed by atoms with van der Waals surface area (Å²) in [6.07, 6.45) is 0.617. The fourth-order valence-electron chi connectivity index (χ4n) is 2.38. The van der Waals surface area contributed by atoms with E-state index >= 15 is 0 Å². The van der Waals surface area contributed by atoms with Gasteiger partial charge in [0.15, 0.2) is 0 Å². The van der Waals surface area contributed by atoms with Crippen molar-refractivity contribution in [3.8, 4) is 0 Å². The second kappa shape index (κ2) is 5.60. The molecule has 2 rings (SSSR count). The third-order valence-electron chi connectivity index (χ3n) is 3.84. The van der Waals surface area contributed by atoms with Crippen molar-refractivity contribution >= 4 is 11.5 Å². The van der Waals surface area contributed by atoms with Crippen molar-refractivity contribution in [2.24, 2.45) is 5.92 Å². The van der Waals surface area contributed by atoms with Crippen LogP contribution in [0.2, 0.25) is 0 Å². The van der Waals surface area contributed by atoms with Crippen LogP contribution in [0.4, 0.5) is 5.69 Å². The Kier molecular flexibility index (Phi) is 4.08. The summed E-state index contributed by atoms with van der Waals surface area (Å²) in [5.41, 5.74) is 5.19. The average Bonchev–Trinajstić information content (AvgIpc) is 2.71. The summed E-state index contributed by atoms with van der Waals surface area (Å²) in [7, 11) is 0. The maximum Gasteiger partial charge on any atom is 0.139 e. The Balaban J connectivity index is 2.04. The van der Waals surface area contributed by atoms with Crippen LogP contribution in [-0.2, 0) is 4.79 Å². The molecule has 2 nitrogen and oxygen atoms in total. The standard InChI is InChI=1S/C17H23NO/c1-12(2)17(19)9-15-11-18(10-14(15)4)16-7-5-13(3)6-8-16/h5-8,12H,9-11H2,1-4H3. The minimum Gasteiger partial charge on any atom is -0.364 e. The molecular weight excluding hydrogens is 234 g/mol. The molecule has 0 saturated heterocycles. The highest BCUT2D eigenvalue weighted by Gasteiger charge is 2.22. The molecule has 0 aromatic heterocycles. The predicted octanol–water partition coefficient (Wildman–Crippen LogP) is 3.75. The lowest BCUT2D eigenvalue weighted by Crippen LogP contribution is -2.21. The SMILES string of the molecule is CC1=C(CC(=O)C(C)C)CN(c2ccc(C)cc2)C1. The Morgan fingerprint density at radius 3 is 2.37 bits per heavy atom. The van der Waals surface area contributed by atoms with Gasteiger partial charge in [0.1, 0.15) is 5.78 Å². The molecule has 1 heterocycles. The van der Waals surface area contributed by atoms with E-state index in [1.807, 2.05) is 13.8 Å². The van der Waals surface area contributed by atoms with Crippen molar-refractivity contribution in [3.05, 3.63) is 41.0 Å². The van der Waals surface area contributed by atoms with E-state index < -0.39 is 0 Å². The zero-order valence-electron chi connectivity index (χ0n) is 12.4. The number of carbonyl (C=O) groups is 1. The highest BCUT2D eigenvalue weighted by molar-refractivity contribution is 5.83. The summed E-state index contributed by atoms with van der Waals surface area (Å²) in [6.45, 7) is 10.0. The van der Waals surface area contributed by atoms with Crippen LogP contribution in [0.25, 0.3) is 0 Å². The largest absolute Gasteiger partial charge is 0.364 e. The number of anilines is 1. The van der Waals surface area contributed by atoms with E-state index in [4.69, 9.17) is 0 Å². The monoisotopic (exact) mass is 257 g/mol. The molecule has 1 aromatic rings. The van der Waals surface area contributed by atoms with E-state index in [0.29, 0.717) is 12.2 Å². The number of Topliss-reactive ketones (excluding diaryl/α,β-unsaturated/α-hetero) is 1. The molecule has 0 fully saturated rings. The number of hydrogen-bond acceptors (Lipinski definition) is 2. The molecular formula is C17H23NO. The molecule has 1 aliphatic heterocycles. The first-order valence-corrected chi connectivity index (χ1v) is 6.99. The minimum atomic E-state index is 0.133. The molecule has 2 heteroatoms. The van der Waals surface area contributed by atoms with Crippen LogP contribution in [0.15, 0.2) is 35.4 Å². The van der Waals surface area contributed by atoms with Crippen LogP contribution in [0.3, 0.4) is 0 Å². The lowest BCUT2D eigenvalue weighted by Gasteiger charge is -2.19. The Labute approximate surface area is 116 Å². The van der Waals surface area contributed by atoms with Crippen molar-refractivity contribution in [1.82, 2.24) is 0 Å². The first-order valence-electron chi connectivity index (χ1n) is 6.99. The third kappa shape index (κ3) is 3.25. The van der Waals surface area contributed by atoms with E-state index in [1.165, 1.54) is 22.4 Å². The van der Waals surface area contributed by atoms with Gasteiger partial charge in [-0.2, -0.15) is 0 Å². The van der Waals surface area contributed by atoms with Crippen LogP contribution in [-0.4, -0.2) is 18.9 Å². The first-order chi connectivity index (χ1) is 8.97. The van der Waals surface area contributed by atoms with Crippen LogP contribution in [0, 0.1) is 12.8 Å². The van der Waals surface area contributed by atoms with Crippen molar-refractivity contribution in [2.75, 3.05) is 18.0 Å². The maximum absolute atomic E-state index is 11.9. The van der Waals surface area contributed by atoms with Gasteiger partial charge < -0.3 is 4.90 Å². The van der Waals surface area contributed by atoms with Crippen LogP contribution >= 0.6 is 0 Å². The number of benzene rings is 1. The summed E-state index contributed by atoms with van der Waals surface area (Å²) < 4.78 is 0. The number of aryl methyl sites for hydroxylation is 1. The molecule has 0 amide bonds. The second-order valence-electron chi connectivity index (χ2n) is 5.87. The van der Waals surface area contributed by atoms with Gasteiger partial charge in [0.25, 0.3) is 0 Å². The molecule has 0 radical (unpaired) electrons. The molecule has 102 valence electrons. The fraction of sp³-hybridized carbons (Fsp3) is 0.471. The quantitative estimate of drug-likeness (QED) is 0.766. The highest BCUT2D eigenvalue weighted by Crippen LogP contribution is 2.26. The second-order valence-corrected chi connectivity index (χ2v) is 5.87. The smallest absolute Gasteiger partial charge is 0.139 e. The van der Waals surface area contributed by atoms with Crippen molar-refractivity contribution in [2.45, 2.75) is 34.1 Å². The number of carbonyl (C=O) groups excluding carboxylic acids is 1. The Morgan fingerprint density at radius 1 is 1.16 bits per heavy atom. The van der Waals surface area contributed by atoms with Crippen molar-refractivity contribution < 1.29 is 4.79 Å². The lowest BCUT2D eigenvalue weighted by atomic mass is 9.99. The van der Waals surface area contributed by atoms with Gasteiger partial charge in [-0.3, -0.25) is 4.79 Å². The third-order valence-corrected chi connectivity index (χ3v) is 3.84. The molecule has 1 aliphatic rings. The predicted molar refractivity (Wildman–Crippen MR) is 80.6 cm³/mol. The summed E-state index contributed by atoms with van der Waals surface area (Å²) in [6, 6.07) is 8.61. The van der Waals surface area contributed by atoms with Gasteiger partial charge in [0, 0.05) is 31.1 Å². The van der Waals surface area contributed by atoms with Crippen LogP contribution in [0.1, 0.15) is 32.8 Å². The average molecular weight is 257 g/mol. The fourth-order valence-corrected chi connectivity index (χ4v) is 2.38. The molecule has 0 atom stereocenters. The van der Waals surface area contributed by atoms with Gasteiger partial charge in [0.2, 0.25) is 0 Å². The van der Waals surface area contributed by atoms with Gasteiger partial charge in [-0.15, -0.1) is 0 Å². The molecule has 0 saturated carbocycles. The highest BCUT2D eigenvalue weighted by atomic mass is 16.1. The van der Waals surface area contributed by atoms with E-state index in [0.717, 1.165) is 13.1 Å². The van der Waals surface area contributed by atoms with Crippen molar-refractivity contribution in [1.29, 1.82) is 0 Å². The minimum absolute atomic E-state index is 0.133. The zero-order valence-corrected chi connectivity index (χ0v) is 12.4. The zero-order chi connectivity index (χ0) is 14.0. The van der Waals surface area contributed by atoms with E-state index in [-0.39, 0.29) is 5.92 Å².